The van der Waals surface area contributed by atoms with E-state index in [-0.39, 0.29) is 5.92 Å². The van der Waals surface area contributed by atoms with Crippen molar-refractivity contribution in [3.05, 3.63) is 94.8 Å². The maximum Gasteiger partial charge on any atom is 0.211 e. The van der Waals surface area contributed by atoms with Gasteiger partial charge in [-0.3, -0.25) is 4.98 Å². The summed E-state index contributed by atoms with van der Waals surface area (Å²) < 4.78 is 25.2. The molecule has 1 fully saturated rings. The lowest BCUT2D eigenvalue weighted by atomic mass is 9.83. The van der Waals surface area contributed by atoms with Crippen LogP contribution in [0.4, 0.5) is 5.69 Å². The number of hydrogen-bond donors (Lipinski definition) is 1. The number of benzene rings is 2. The first-order valence-corrected chi connectivity index (χ1v) is 13.6. The predicted molar refractivity (Wildman–Crippen MR) is 140 cm³/mol. The van der Waals surface area contributed by atoms with Crippen LogP contribution in [0.5, 0.6) is 0 Å². The van der Waals surface area contributed by atoms with Crippen LogP contribution in [0.1, 0.15) is 40.3 Å². The molecule has 8 heteroatoms. The Hall–Kier alpha value is -3.23. The van der Waals surface area contributed by atoms with Crippen molar-refractivity contribution in [3.63, 3.8) is 0 Å². The summed E-state index contributed by atoms with van der Waals surface area (Å²) in [5, 5.41) is 13.6. The molecular formula is C27H32N4O3S. The molecule has 2 heterocycles. The van der Waals surface area contributed by atoms with Crippen molar-refractivity contribution >= 4 is 21.4 Å². The molecule has 0 radical (unpaired) electrons. The molecule has 0 aliphatic carbocycles. The zero-order valence-electron chi connectivity index (χ0n) is 20.4. The Balaban J connectivity index is 1.60. The second kappa shape index (κ2) is 10.6. The van der Waals surface area contributed by atoms with Crippen LogP contribution in [0.25, 0.3) is 0 Å². The van der Waals surface area contributed by atoms with Gasteiger partial charge in [0.25, 0.3) is 0 Å². The van der Waals surface area contributed by atoms with Crippen molar-refractivity contribution in [3.8, 4) is 0 Å². The minimum Gasteiger partial charge on any atom is -0.411 e. The van der Waals surface area contributed by atoms with E-state index in [9.17, 15) is 13.6 Å². The van der Waals surface area contributed by atoms with E-state index in [1.54, 1.807) is 6.20 Å². The van der Waals surface area contributed by atoms with Gasteiger partial charge in [-0.1, -0.05) is 41.6 Å². The summed E-state index contributed by atoms with van der Waals surface area (Å²) in [7, 11) is -3.15. The first-order chi connectivity index (χ1) is 16.8. The molecule has 0 saturated carbocycles. The van der Waals surface area contributed by atoms with Crippen molar-refractivity contribution in [2.75, 3.05) is 37.3 Å². The molecule has 2 aromatic carbocycles. The normalized spacial score (nSPS) is 16.3. The molecule has 7 nitrogen and oxygen atoms in total. The number of aryl methyl sites for hydroxylation is 2. The van der Waals surface area contributed by atoms with Gasteiger partial charge in [-0.2, -0.15) is 4.31 Å². The summed E-state index contributed by atoms with van der Waals surface area (Å²) in [5.41, 5.74) is 6.92. The maximum absolute atomic E-state index is 11.8. The summed E-state index contributed by atoms with van der Waals surface area (Å²) >= 11 is 0. The van der Waals surface area contributed by atoms with E-state index >= 15 is 0 Å². The van der Waals surface area contributed by atoms with Gasteiger partial charge in [-0.25, -0.2) is 8.42 Å². The molecule has 0 unspecified atom stereocenters. The number of hydrogen-bond acceptors (Lipinski definition) is 6. The molecule has 184 valence electrons. The fourth-order valence-corrected chi connectivity index (χ4v) is 5.54. The second-order valence-corrected chi connectivity index (χ2v) is 11.1. The van der Waals surface area contributed by atoms with Gasteiger partial charge in [0.15, 0.2) is 0 Å². The molecule has 0 bridgehead atoms. The maximum atomic E-state index is 11.8. The van der Waals surface area contributed by atoms with Gasteiger partial charge in [0.2, 0.25) is 10.0 Å². The largest absolute Gasteiger partial charge is 0.411 e. The number of oxime groups is 1. The average molecular weight is 493 g/mol. The van der Waals surface area contributed by atoms with Crippen LogP contribution < -0.4 is 4.90 Å². The highest BCUT2D eigenvalue weighted by atomic mass is 32.2. The van der Waals surface area contributed by atoms with Crippen LogP contribution in [-0.4, -0.2) is 61.1 Å². The Labute approximate surface area is 207 Å². The number of aromatic nitrogens is 1. The SMILES string of the molecule is Cc1cc(/C(C[C@H](c2ccc(N3CCN(S(C)(=O)=O)CC3)cc2)c2ccccc2C)=N/O)ccn1. The van der Waals surface area contributed by atoms with Crippen LogP contribution in [-0.2, 0) is 10.0 Å². The zero-order valence-corrected chi connectivity index (χ0v) is 21.2. The fourth-order valence-electron chi connectivity index (χ4n) is 4.72. The first kappa shape index (κ1) is 24.9. The number of nitrogens with zero attached hydrogens (tertiary/aromatic N) is 4. The molecule has 1 aromatic heterocycles. The highest BCUT2D eigenvalue weighted by Gasteiger charge is 2.24. The molecule has 4 rings (SSSR count). The Bertz CT molecular complexity index is 1300. The molecule has 0 spiro atoms. The van der Waals surface area contributed by atoms with E-state index in [0.717, 1.165) is 22.5 Å². The van der Waals surface area contributed by atoms with Crippen molar-refractivity contribution in [2.45, 2.75) is 26.2 Å². The molecule has 1 atom stereocenters. The quantitative estimate of drug-likeness (QED) is 0.304. The van der Waals surface area contributed by atoms with E-state index in [1.807, 2.05) is 31.2 Å². The number of pyridine rings is 1. The standard InChI is InChI=1S/C27H32N4O3S/c1-20-6-4-5-7-25(20)26(19-27(29-32)23-12-13-28-21(2)18-23)22-8-10-24(11-9-22)30-14-16-31(17-15-30)35(3,33)34/h4-13,18,26,32H,14-17,19H2,1-3H3/b29-27+/t26-/m1/s1. The second-order valence-electron chi connectivity index (χ2n) is 9.09. The van der Waals surface area contributed by atoms with Crippen LogP contribution in [0.15, 0.2) is 72.0 Å². The minimum absolute atomic E-state index is 0.00621. The van der Waals surface area contributed by atoms with E-state index < -0.39 is 10.0 Å². The number of piperazine rings is 1. The van der Waals surface area contributed by atoms with E-state index in [2.05, 4.69) is 58.4 Å². The van der Waals surface area contributed by atoms with Gasteiger partial charge in [0.05, 0.1) is 12.0 Å². The summed E-state index contributed by atoms with van der Waals surface area (Å²) in [5.74, 6) is 0.00621. The highest BCUT2D eigenvalue weighted by Crippen LogP contribution is 2.33. The van der Waals surface area contributed by atoms with Crippen molar-refractivity contribution in [1.29, 1.82) is 0 Å². The van der Waals surface area contributed by atoms with Crippen molar-refractivity contribution < 1.29 is 13.6 Å². The van der Waals surface area contributed by atoms with Gasteiger partial charge in [-0.15, -0.1) is 0 Å². The van der Waals surface area contributed by atoms with Gasteiger partial charge in [-0.05, 0) is 54.8 Å². The number of anilines is 1. The van der Waals surface area contributed by atoms with Crippen LogP contribution in [0, 0.1) is 13.8 Å². The van der Waals surface area contributed by atoms with Crippen LogP contribution in [0.2, 0.25) is 0 Å². The monoisotopic (exact) mass is 492 g/mol. The van der Waals surface area contributed by atoms with E-state index in [0.29, 0.717) is 38.3 Å². The summed E-state index contributed by atoms with van der Waals surface area (Å²) in [4.78, 5) is 6.48. The zero-order chi connectivity index (χ0) is 25.0. The summed E-state index contributed by atoms with van der Waals surface area (Å²) in [6.45, 7) is 6.34. The third-order valence-electron chi connectivity index (χ3n) is 6.68. The Morgan fingerprint density at radius 3 is 2.31 bits per heavy atom. The van der Waals surface area contributed by atoms with Crippen molar-refractivity contribution in [2.24, 2.45) is 5.16 Å². The lowest BCUT2D eigenvalue weighted by Gasteiger charge is -2.35. The number of rotatable bonds is 7. The average Bonchev–Trinajstić information content (AvgIpc) is 2.85. The number of sulfonamides is 1. The van der Waals surface area contributed by atoms with Crippen LogP contribution >= 0.6 is 0 Å². The molecule has 1 N–H and O–H groups in total. The van der Waals surface area contributed by atoms with Gasteiger partial charge in [0.1, 0.15) is 0 Å². The summed E-state index contributed by atoms with van der Waals surface area (Å²) in [6, 6.07) is 20.6. The lowest BCUT2D eigenvalue weighted by molar-refractivity contribution is 0.317. The molecule has 35 heavy (non-hydrogen) atoms. The van der Waals surface area contributed by atoms with Crippen molar-refractivity contribution in [1.82, 2.24) is 9.29 Å². The fraction of sp³-hybridized carbons (Fsp3) is 0.333. The lowest BCUT2D eigenvalue weighted by Crippen LogP contribution is -2.48. The highest BCUT2D eigenvalue weighted by molar-refractivity contribution is 7.88. The molecule has 1 saturated heterocycles. The van der Waals surface area contributed by atoms with E-state index in [1.165, 1.54) is 21.7 Å². The van der Waals surface area contributed by atoms with Gasteiger partial charge >= 0.3 is 0 Å². The third-order valence-corrected chi connectivity index (χ3v) is 7.98. The predicted octanol–water partition coefficient (Wildman–Crippen LogP) is 4.18. The van der Waals surface area contributed by atoms with E-state index in [4.69, 9.17) is 0 Å². The molecule has 0 amide bonds. The molecular weight excluding hydrogens is 460 g/mol. The van der Waals surface area contributed by atoms with Gasteiger partial charge in [0, 0.05) is 61.7 Å². The first-order valence-electron chi connectivity index (χ1n) is 11.8. The Kier molecular flexibility index (Phi) is 7.52. The van der Waals surface area contributed by atoms with Gasteiger partial charge < -0.3 is 10.1 Å². The third kappa shape index (κ3) is 5.89. The smallest absolute Gasteiger partial charge is 0.211 e. The van der Waals surface area contributed by atoms with Crippen LogP contribution in [0.3, 0.4) is 0 Å². The minimum atomic E-state index is -3.15. The molecule has 1 aliphatic heterocycles. The molecule has 1 aliphatic rings. The topological polar surface area (TPSA) is 86.1 Å². The Morgan fingerprint density at radius 1 is 1.03 bits per heavy atom. The summed E-state index contributed by atoms with van der Waals surface area (Å²) in [6.07, 6.45) is 3.54. The Morgan fingerprint density at radius 2 is 1.71 bits per heavy atom. The molecule has 3 aromatic rings.